The number of rotatable bonds is 3. The summed E-state index contributed by atoms with van der Waals surface area (Å²) in [4.78, 5) is 0. The van der Waals surface area contributed by atoms with Gasteiger partial charge in [0.2, 0.25) is 0 Å². The monoisotopic (exact) mass is 419 g/mol. The van der Waals surface area contributed by atoms with Crippen LogP contribution in [-0.4, -0.2) is 5.98 Å². The zero-order valence-corrected chi connectivity index (χ0v) is 9.34. The molecule has 0 aromatic rings. The van der Waals surface area contributed by atoms with E-state index in [0.717, 1.165) is 0 Å². The molecule has 0 unspecified atom stereocenters. The maximum absolute atomic E-state index is 5.27. The van der Waals surface area contributed by atoms with Gasteiger partial charge in [0, 0.05) is 0 Å². The Bertz CT molecular complexity index is 20.8. The molecule has 0 aliphatic heterocycles. The fraction of sp³-hybridized carbons (Fsp3) is 0. The topological polar surface area (TPSA) is 26.0 Å². The molecule has 0 aliphatic rings. The van der Waals surface area contributed by atoms with E-state index in [2.05, 4.69) is 28.4 Å². The van der Waals surface area contributed by atoms with Crippen molar-refractivity contribution in [3.63, 3.8) is 0 Å². The van der Waals surface area contributed by atoms with Gasteiger partial charge < -0.3 is 0 Å². The summed E-state index contributed by atoms with van der Waals surface area (Å²) >= 11 is 2.54. The molecule has 0 atom stereocenters. The molecule has 36 valence electrons. The molecule has 0 spiro atoms. The van der Waals surface area contributed by atoms with E-state index in [0.29, 0.717) is 0 Å². The Morgan fingerprint density at radius 3 is 2.50 bits per heavy atom. The second-order valence-corrected chi connectivity index (χ2v) is 9.11. The Morgan fingerprint density at radius 2 is 2.33 bits per heavy atom. The molecular formula is H2B2I3N-2. The fourth-order valence-electron chi connectivity index (χ4n) is 0.0455. The SMILES string of the molecule is N[I-][B][I-][B]I. The van der Waals surface area contributed by atoms with Crippen molar-refractivity contribution in [1.82, 2.24) is 0 Å². The quantitative estimate of drug-likeness (QED) is 0.210. The number of hydrogen-bond acceptors (Lipinski definition) is 1. The first-order chi connectivity index (χ1) is 2.91. The second-order valence-electron chi connectivity index (χ2n) is 0.417. The summed E-state index contributed by atoms with van der Waals surface area (Å²) in [5.41, 5.74) is 0. The summed E-state index contributed by atoms with van der Waals surface area (Å²) in [6.45, 7) is 0. The number of halogens is 3. The standard InChI is InChI=1S/B2H2I3N/c3-1-4-2-5-6/h6H2/q-2. The van der Waals surface area contributed by atoms with Gasteiger partial charge in [0.1, 0.15) is 0 Å². The van der Waals surface area contributed by atoms with E-state index in [1.165, 1.54) is 0 Å². The molecule has 2 N–H and O–H groups in total. The van der Waals surface area contributed by atoms with Crippen LogP contribution in [0.1, 0.15) is 0 Å². The molecule has 0 saturated heterocycles. The molecule has 0 aromatic heterocycles. The van der Waals surface area contributed by atoms with Crippen LogP contribution < -0.4 is 46.0 Å². The van der Waals surface area contributed by atoms with Crippen molar-refractivity contribution in [2.75, 3.05) is 0 Å². The van der Waals surface area contributed by atoms with Gasteiger partial charge in [0.05, 0.1) is 0 Å². The number of nitrogens with two attached hydrogens (primary N) is 1. The Kier molecular flexibility index (Phi) is 10.0. The van der Waals surface area contributed by atoms with Crippen LogP contribution >= 0.6 is 22.4 Å². The van der Waals surface area contributed by atoms with Crippen LogP contribution in [-0.2, 0) is 0 Å². The van der Waals surface area contributed by atoms with Crippen LogP contribution in [0.4, 0.5) is 0 Å². The first kappa shape index (κ1) is 8.28. The predicted molar refractivity (Wildman–Crippen MR) is 29.7 cm³/mol. The predicted octanol–water partition coefficient (Wildman–Crippen LogP) is -6.46. The van der Waals surface area contributed by atoms with Crippen molar-refractivity contribution in [3.8, 4) is 0 Å². The van der Waals surface area contributed by atoms with E-state index in [9.17, 15) is 0 Å². The third-order valence-electron chi connectivity index (χ3n) is 0.143. The average molecular weight is 418 g/mol. The molecular weight excluding hydrogens is 416 g/mol. The van der Waals surface area contributed by atoms with E-state index in [1.807, 2.05) is 0 Å². The molecule has 0 aromatic carbocycles. The summed E-state index contributed by atoms with van der Waals surface area (Å²) in [6, 6.07) is 0. The van der Waals surface area contributed by atoms with Crippen LogP contribution in [0.2, 0.25) is 0 Å². The molecule has 6 heavy (non-hydrogen) atoms. The Balaban J connectivity index is 2.34. The molecule has 1 nitrogen and oxygen atoms in total. The number of hydrogen-bond donors (Lipinski definition) is 1. The van der Waals surface area contributed by atoms with Crippen molar-refractivity contribution in [2.24, 2.45) is 3.95 Å². The molecule has 2 radical (unpaired) electrons. The van der Waals surface area contributed by atoms with Crippen LogP contribution in [0, 0.1) is 0 Å². The van der Waals surface area contributed by atoms with Gasteiger partial charge in [-0.2, -0.15) is 0 Å². The maximum atomic E-state index is 5.27. The second kappa shape index (κ2) is 7.28. The third-order valence-corrected chi connectivity index (χ3v) is 6.43. The summed E-state index contributed by atoms with van der Waals surface area (Å²) in [5, 5.41) is 0. The van der Waals surface area contributed by atoms with Crippen molar-refractivity contribution in [3.05, 3.63) is 0 Å². The van der Waals surface area contributed by atoms with E-state index < -0.39 is 0 Å². The molecule has 6 heteroatoms. The third kappa shape index (κ3) is 6.28. The van der Waals surface area contributed by atoms with E-state index in [1.54, 1.807) is 0 Å². The molecule has 0 heterocycles. The first-order valence-electron chi connectivity index (χ1n) is 1.09. The molecule has 0 fully saturated rings. The average Bonchev–Trinajstić information content (AvgIpc) is 1.61. The van der Waals surface area contributed by atoms with Gasteiger partial charge in [-0.15, -0.1) is 0 Å². The zero-order chi connectivity index (χ0) is 4.83. The van der Waals surface area contributed by atoms with Gasteiger partial charge in [-0.05, 0) is 0 Å². The van der Waals surface area contributed by atoms with E-state index >= 15 is 0 Å². The molecule has 0 aliphatic carbocycles. The van der Waals surface area contributed by atoms with Crippen molar-refractivity contribution in [2.45, 2.75) is 0 Å². The van der Waals surface area contributed by atoms with Crippen LogP contribution in [0.5, 0.6) is 0 Å². The fourth-order valence-corrected chi connectivity index (χ4v) is 6.67. The van der Waals surface area contributed by atoms with Gasteiger partial charge in [0.25, 0.3) is 0 Å². The molecule has 0 saturated carbocycles. The normalized spacial score (nSPS) is 9.00. The summed E-state index contributed by atoms with van der Waals surface area (Å²) < 4.78 is 9.70. The van der Waals surface area contributed by atoms with Gasteiger partial charge in [-0.1, -0.05) is 0 Å². The van der Waals surface area contributed by atoms with Crippen LogP contribution in [0.15, 0.2) is 0 Å². The Labute approximate surface area is 73.0 Å². The molecule has 0 amide bonds. The van der Waals surface area contributed by atoms with Gasteiger partial charge in [0.15, 0.2) is 0 Å². The van der Waals surface area contributed by atoms with Crippen molar-refractivity contribution < 1.29 is 42.0 Å². The van der Waals surface area contributed by atoms with Crippen molar-refractivity contribution in [1.29, 1.82) is 0 Å². The summed E-state index contributed by atoms with van der Waals surface area (Å²) in [7, 11) is 0. The van der Waals surface area contributed by atoms with Crippen LogP contribution in [0.25, 0.3) is 0 Å². The minimum atomic E-state index is -0.0111. The Hall–Kier alpha value is 2.28. The molecule has 0 bridgehead atoms. The van der Waals surface area contributed by atoms with E-state index in [4.69, 9.17) is 3.95 Å². The van der Waals surface area contributed by atoms with Gasteiger partial charge in [-0.3, -0.25) is 0 Å². The van der Waals surface area contributed by atoms with Crippen molar-refractivity contribution >= 4 is 28.4 Å². The zero-order valence-electron chi connectivity index (χ0n) is 2.87. The van der Waals surface area contributed by atoms with E-state index in [-0.39, 0.29) is 42.0 Å². The van der Waals surface area contributed by atoms with Crippen LogP contribution in [0.3, 0.4) is 0 Å². The summed E-state index contributed by atoms with van der Waals surface area (Å²) in [5.74, 6) is 0. The molecule has 0 rings (SSSR count). The first-order valence-corrected chi connectivity index (χ1v) is 7.32. The summed E-state index contributed by atoms with van der Waals surface area (Å²) in [6.07, 6.45) is 0. The Morgan fingerprint density at radius 1 is 1.67 bits per heavy atom. The minimum absolute atomic E-state index is 0.0111. The van der Waals surface area contributed by atoms with Gasteiger partial charge in [-0.25, -0.2) is 0 Å². The van der Waals surface area contributed by atoms with Gasteiger partial charge >= 0.3 is 74.3 Å².